The van der Waals surface area contributed by atoms with E-state index in [1.54, 1.807) is 4.31 Å². The highest BCUT2D eigenvalue weighted by atomic mass is 35.5. The van der Waals surface area contributed by atoms with Gasteiger partial charge in [-0.1, -0.05) is 0 Å². The third-order valence-corrected chi connectivity index (χ3v) is 6.25. The molecule has 2 saturated heterocycles. The summed E-state index contributed by atoms with van der Waals surface area (Å²) in [6, 6.07) is 0. The third kappa shape index (κ3) is 3.36. The van der Waals surface area contributed by atoms with Crippen molar-refractivity contribution < 1.29 is 13.2 Å². The Labute approximate surface area is 114 Å². The first kappa shape index (κ1) is 14.5. The lowest BCUT2D eigenvalue weighted by atomic mass is 10.2. The van der Waals surface area contributed by atoms with Gasteiger partial charge in [-0.25, -0.2) is 8.42 Å². The molecule has 0 amide bonds. The van der Waals surface area contributed by atoms with Crippen LogP contribution in [0.5, 0.6) is 0 Å². The van der Waals surface area contributed by atoms with Crippen LogP contribution in [0.1, 0.15) is 12.8 Å². The molecule has 2 heterocycles. The molecule has 0 unspecified atom stereocenters. The van der Waals surface area contributed by atoms with E-state index in [-0.39, 0.29) is 5.25 Å². The summed E-state index contributed by atoms with van der Waals surface area (Å²) in [5, 5.41) is -0.245. The number of sulfonamides is 1. The SMILES string of the molecule is O=S(=O)(C1CCOCC1)N1CCN(CCCl)CC1. The minimum Gasteiger partial charge on any atom is -0.381 e. The summed E-state index contributed by atoms with van der Waals surface area (Å²) in [7, 11) is -3.13. The quantitative estimate of drug-likeness (QED) is 0.703. The van der Waals surface area contributed by atoms with E-state index in [1.165, 1.54) is 0 Å². The smallest absolute Gasteiger partial charge is 0.217 e. The second kappa shape index (κ2) is 6.52. The average molecular weight is 297 g/mol. The van der Waals surface area contributed by atoms with Gasteiger partial charge < -0.3 is 4.74 Å². The van der Waals surface area contributed by atoms with E-state index in [0.717, 1.165) is 19.6 Å². The second-order valence-electron chi connectivity index (χ2n) is 4.79. The van der Waals surface area contributed by atoms with Crippen molar-refractivity contribution in [1.29, 1.82) is 0 Å². The third-order valence-electron chi connectivity index (χ3n) is 3.68. The fraction of sp³-hybridized carbons (Fsp3) is 1.00. The van der Waals surface area contributed by atoms with Crippen molar-refractivity contribution in [2.45, 2.75) is 18.1 Å². The van der Waals surface area contributed by atoms with E-state index in [1.807, 2.05) is 0 Å². The van der Waals surface area contributed by atoms with Gasteiger partial charge in [-0.15, -0.1) is 11.6 Å². The average Bonchev–Trinajstić information content (AvgIpc) is 2.41. The lowest BCUT2D eigenvalue weighted by Gasteiger charge is -2.36. The van der Waals surface area contributed by atoms with E-state index in [2.05, 4.69) is 4.90 Å². The van der Waals surface area contributed by atoms with Gasteiger partial charge in [0.15, 0.2) is 0 Å². The zero-order chi connectivity index (χ0) is 13.0. The molecule has 2 rings (SSSR count). The maximum Gasteiger partial charge on any atom is 0.217 e. The molecule has 106 valence electrons. The van der Waals surface area contributed by atoms with Gasteiger partial charge in [0.1, 0.15) is 0 Å². The van der Waals surface area contributed by atoms with Crippen molar-refractivity contribution in [3.05, 3.63) is 0 Å². The summed E-state index contributed by atoms with van der Waals surface area (Å²) in [5.41, 5.74) is 0. The molecule has 0 aromatic rings. The molecule has 0 atom stereocenters. The Morgan fingerprint density at radius 2 is 1.72 bits per heavy atom. The van der Waals surface area contributed by atoms with Gasteiger partial charge in [-0.2, -0.15) is 4.31 Å². The molecular weight excluding hydrogens is 276 g/mol. The molecule has 0 N–H and O–H groups in total. The first-order valence-corrected chi connectivity index (χ1v) is 8.53. The number of ether oxygens (including phenoxy) is 1. The minimum atomic E-state index is -3.13. The largest absolute Gasteiger partial charge is 0.381 e. The number of alkyl halides is 1. The first-order chi connectivity index (χ1) is 8.64. The van der Waals surface area contributed by atoms with Crippen LogP contribution in [-0.4, -0.2) is 74.7 Å². The Bertz CT molecular complexity index is 349. The molecule has 7 heteroatoms. The van der Waals surface area contributed by atoms with Crippen molar-refractivity contribution in [2.75, 3.05) is 51.8 Å². The van der Waals surface area contributed by atoms with Crippen molar-refractivity contribution in [3.8, 4) is 0 Å². The van der Waals surface area contributed by atoms with Crippen LogP contribution in [0.3, 0.4) is 0 Å². The molecule has 0 saturated carbocycles. The molecule has 0 radical (unpaired) electrons. The summed E-state index contributed by atoms with van der Waals surface area (Å²) in [5.74, 6) is 0.604. The second-order valence-corrected chi connectivity index (χ2v) is 7.38. The number of piperazine rings is 1. The minimum absolute atomic E-state index is 0.245. The number of hydrogen-bond donors (Lipinski definition) is 0. The molecule has 2 fully saturated rings. The normalized spacial score (nSPS) is 25.4. The maximum absolute atomic E-state index is 12.4. The summed E-state index contributed by atoms with van der Waals surface area (Å²) >= 11 is 5.70. The summed E-state index contributed by atoms with van der Waals surface area (Å²) in [4.78, 5) is 2.21. The van der Waals surface area contributed by atoms with Crippen LogP contribution < -0.4 is 0 Å². The first-order valence-electron chi connectivity index (χ1n) is 6.49. The monoisotopic (exact) mass is 296 g/mol. The Kier molecular flexibility index (Phi) is 5.26. The molecule has 5 nitrogen and oxygen atoms in total. The fourth-order valence-electron chi connectivity index (χ4n) is 2.51. The van der Waals surface area contributed by atoms with Crippen LogP contribution in [0.25, 0.3) is 0 Å². The fourth-order valence-corrected chi connectivity index (χ4v) is 4.63. The van der Waals surface area contributed by atoms with Crippen LogP contribution in [0.15, 0.2) is 0 Å². The standard InChI is InChI=1S/C11H21ClN2O3S/c12-3-4-13-5-7-14(8-6-13)18(15,16)11-1-9-17-10-2-11/h11H,1-10H2. The molecule has 0 spiro atoms. The van der Waals surface area contributed by atoms with Gasteiger partial charge in [0.05, 0.1) is 5.25 Å². The Balaban J connectivity index is 1.91. The van der Waals surface area contributed by atoms with Crippen LogP contribution in [0.4, 0.5) is 0 Å². The van der Waals surface area contributed by atoms with Crippen molar-refractivity contribution in [2.24, 2.45) is 0 Å². The highest BCUT2D eigenvalue weighted by Gasteiger charge is 2.34. The molecular formula is C11H21ClN2O3S. The highest BCUT2D eigenvalue weighted by molar-refractivity contribution is 7.89. The lowest BCUT2D eigenvalue weighted by Crippen LogP contribution is -2.52. The van der Waals surface area contributed by atoms with Crippen LogP contribution in [-0.2, 0) is 14.8 Å². The number of halogens is 1. The highest BCUT2D eigenvalue weighted by Crippen LogP contribution is 2.20. The molecule has 2 aliphatic rings. The van der Waals surface area contributed by atoms with Gasteiger partial charge >= 0.3 is 0 Å². The maximum atomic E-state index is 12.4. The van der Waals surface area contributed by atoms with Gasteiger partial charge in [0, 0.05) is 51.8 Å². The van der Waals surface area contributed by atoms with Gasteiger partial charge in [0.2, 0.25) is 10.0 Å². The number of nitrogens with zero attached hydrogens (tertiary/aromatic N) is 2. The summed E-state index contributed by atoms with van der Waals surface area (Å²) in [6.45, 7) is 4.73. The number of rotatable bonds is 4. The van der Waals surface area contributed by atoms with Gasteiger partial charge in [-0.05, 0) is 12.8 Å². The van der Waals surface area contributed by atoms with Gasteiger partial charge in [-0.3, -0.25) is 4.90 Å². The molecule has 0 aromatic heterocycles. The Morgan fingerprint density at radius 3 is 2.28 bits per heavy atom. The van der Waals surface area contributed by atoms with Crippen LogP contribution in [0, 0.1) is 0 Å². The predicted octanol–water partition coefficient (Wildman–Crippen LogP) is 0.352. The van der Waals surface area contributed by atoms with Crippen molar-refractivity contribution in [1.82, 2.24) is 9.21 Å². The van der Waals surface area contributed by atoms with Crippen molar-refractivity contribution in [3.63, 3.8) is 0 Å². The van der Waals surface area contributed by atoms with E-state index in [9.17, 15) is 8.42 Å². The zero-order valence-corrected chi connectivity index (χ0v) is 12.1. The van der Waals surface area contributed by atoms with E-state index in [4.69, 9.17) is 16.3 Å². The Morgan fingerprint density at radius 1 is 1.11 bits per heavy atom. The predicted molar refractivity (Wildman–Crippen MR) is 71.5 cm³/mol. The molecule has 0 bridgehead atoms. The van der Waals surface area contributed by atoms with Gasteiger partial charge in [0.25, 0.3) is 0 Å². The van der Waals surface area contributed by atoms with Crippen LogP contribution in [0.2, 0.25) is 0 Å². The van der Waals surface area contributed by atoms with E-state index in [0.29, 0.717) is 45.0 Å². The molecule has 18 heavy (non-hydrogen) atoms. The van der Waals surface area contributed by atoms with Crippen LogP contribution >= 0.6 is 11.6 Å². The van der Waals surface area contributed by atoms with Crippen molar-refractivity contribution >= 4 is 21.6 Å². The summed E-state index contributed by atoms with van der Waals surface area (Å²) in [6.07, 6.45) is 1.26. The molecule has 0 aromatic carbocycles. The topological polar surface area (TPSA) is 49.9 Å². The molecule has 2 aliphatic heterocycles. The summed E-state index contributed by atoms with van der Waals surface area (Å²) < 4.78 is 31.7. The number of hydrogen-bond acceptors (Lipinski definition) is 4. The molecule has 0 aliphatic carbocycles. The lowest BCUT2D eigenvalue weighted by molar-refractivity contribution is 0.0963. The Hall–Kier alpha value is 0.120. The van der Waals surface area contributed by atoms with E-state index < -0.39 is 10.0 Å². The zero-order valence-electron chi connectivity index (χ0n) is 10.6. The van der Waals surface area contributed by atoms with E-state index >= 15 is 0 Å².